The third-order valence-corrected chi connectivity index (χ3v) is 3.14. The molecule has 20 heavy (non-hydrogen) atoms. The molecule has 2 rings (SSSR count). The highest BCUT2D eigenvalue weighted by molar-refractivity contribution is 5.30. The van der Waals surface area contributed by atoms with E-state index in [1.165, 1.54) is 0 Å². The van der Waals surface area contributed by atoms with Gasteiger partial charge in [-0.25, -0.2) is 4.79 Å². The second-order valence-electron chi connectivity index (χ2n) is 4.47. The van der Waals surface area contributed by atoms with Crippen LogP contribution < -0.4 is 17.0 Å². The van der Waals surface area contributed by atoms with Crippen LogP contribution in [0.15, 0.2) is 15.8 Å². The van der Waals surface area contributed by atoms with Crippen LogP contribution in [0.2, 0.25) is 0 Å². The molecule has 1 aromatic heterocycles. The van der Waals surface area contributed by atoms with E-state index in [0.29, 0.717) is 0 Å². The molecule has 0 amide bonds. The first-order chi connectivity index (χ1) is 9.36. The smallest absolute Gasteiger partial charge is 0.330 e. The Labute approximate surface area is 111 Å². The average molecular weight is 289 g/mol. The number of ether oxygens (including phenoxy) is 1. The van der Waals surface area contributed by atoms with Crippen molar-refractivity contribution in [1.29, 1.82) is 0 Å². The zero-order valence-electron chi connectivity index (χ0n) is 10.2. The van der Waals surface area contributed by atoms with Crippen molar-refractivity contribution in [1.82, 2.24) is 9.55 Å². The number of nitrogens with one attached hydrogen (secondary N) is 1. The third kappa shape index (κ3) is 2.34. The van der Waals surface area contributed by atoms with Crippen LogP contribution in [0, 0.1) is 0 Å². The molecule has 0 spiro atoms. The van der Waals surface area contributed by atoms with Gasteiger partial charge in [-0.1, -0.05) is 0 Å². The predicted molar refractivity (Wildman–Crippen MR) is 64.8 cm³/mol. The van der Waals surface area contributed by atoms with E-state index in [2.05, 4.69) is 0 Å². The van der Waals surface area contributed by atoms with Crippen molar-refractivity contribution < 1.29 is 25.2 Å². The van der Waals surface area contributed by atoms with Gasteiger partial charge in [0.25, 0.3) is 5.56 Å². The number of nitrogens with zero attached hydrogens (tertiary/aromatic N) is 1. The van der Waals surface area contributed by atoms with Crippen LogP contribution in [-0.4, -0.2) is 61.0 Å². The third-order valence-electron chi connectivity index (χ3n) is 3.14. The molecule has 112 valence electrons. The molecule has 1 aromatic rings. The number of H-pyrrole nitrogens is 1. The van der Waals surface area contributed by atoms with Crippen molar-refractivity contribution in [2.45, 2.75) is 30.6 Å². The number of rotatable bonds is 2. The first-order valence-electron chi connectivity index (χ1n) is 5.78. The number of aromatic amines is 1. The molecule has 1 aliphatic heterocycles. The molecule has 10 nitrogen and oxygen atoms in total. The Kier molecular flexibility index (Phi) is 3.92. The fourth-order valence-corrected chi connectivity index (χ4v) is 2.00. The van der Waals surface area contributed by atoms with Crippen LogP contribution in [0.25, 0.3) is 0 Å². The zero-order chi connectivity index (χ0) is 15.0. The molecular weight excluding hydrogens is 274 g/mol. The number of aliphatic hydroxyl groups excluding tert-OH is 4. The van der Waals surface area contributed by atoms with Crippen molar-refractivity contribution in [3.05, 3.63) is 27.0 Å². The number of aromatic nitrogens is 2. The molecule has 0 unspecified atom stereocenters. The molecule has 0 aliphatic carbocycles. The second kappa shape index (κ2) is 5.34. The maximum atomic E-state index is 11.7. The summed E-state index contributed by atoms with van der Waals surface area (Å²) in [6, 6.07) is 0. The van der Waals surface area contributed by atoms with Gasteiger partial charge in [0.05, 0.1) is 6.61 Å². The maximum absolute atomic E-state index is 11.7. The number of nitrogen functional groups attached to an aromatic ring is 1. The molecule has 1 aliphatic rings. The van der Waals surface area contributed by atoms with Gasteiger partial charge in [-0.15, -0.1) is 0 Å². The Morgan fingerprint density at radius 3 is 2.50 bits per heavy atom. The molecule has 1 fully saturated rings. The summed E-state index contributed by atoms with van der Waals surface area (Å²) in [5.41, 5.74) is 3.37. The van der Waals surface area contributed by atoms with Gasteiger partial charge in [-0.2, -0.15) is 0 Å². The summed E-state index contributed by atoms with van der Waals surface area (Å²) >= 11 is 0. The van der Waals surface area contributed by atoms with Crippen LogP contribution >= 0.6 is 0 Å². The van der Waals surface area contributed by atoms with Crippen LogP contribution in [0.5, 0.6) is 0 Å². The zero-order valence-corrected chi connectivity index (χ0v) is 10.2. The highest BCUT2D eigenvalue weighted by atomic mass is 16.6. The normalized spacial score (nSPS) is 34.1. The minimum atomic E-state index is -1.64. The molecule has 1 saturated heterocycles. The largest absolute Gasteiger partial charge is 0.394 e. The minimum absolute atomic E-state index is 0.290. The monoisotopic (exact) mass is 289 g/mol. The van der Waals surface area contributed by atoms with Crippen molar-refractivity contribution in [2.75, 3.05) is 12.3 Å². The van der Waals surface area contributed by atoms with E-state index in [0.717, 1.165) is 10.8 Å². The molecule has 0 saturated carbocycles. The minimum Gasteiger partial charge on any atom is -0.394 e. The molecule has 0 aromatic carbocycles. The maximum Gasteiger partial charge on any atom is 0.330 e. The number of anilines is 1. The van der Waals surface area contributed by atoms with Gasteiger partial charge < -0.3 is 30.9 Å². The second-order valence-corrected chi connectivity index (χ2v) is 4.47. The highest BCUT2D eigenvalue weighted by Crippen LogP contribution is 2.27. The van der Waals surface area contributed by atoms with E-state index in [1.54, 1.807) is 0 Å². The molecule has 10 heteroatoms. The Hall–Kier alpha value is -1.72. The Morgan fingerprint density at radius 1 is 1.25 bits per heavy atom. The lowest BCUT2D eigenvalue weighted by atomic mass is 9.98. The van der Waals surface area contributed by atoms with Gasteiger partial charge in [-0.05, 0) is 0 Å². The predicted octanol–water partition coefficient (Wildman–Crippen LogP) is -3.91. The van der Waals surface area contributed by atoms with Gasteiger partial charge in [0.15, 0.2) is 6.23 Å². The van der Waals surface area contributed by atoms with E-state index in [1.807, 2.05) is 4.98 Å². The Bertz CT molecular complexity index is 595. The number of aliphatic hydroxyl groups is 4. The number of nitrogens with two attached hydrogens (primary N) is 1. The summed E-state index contributed by atoms with van der Waals surface area (Å²) in [6.07, 6.45) is -6.44. The Balaban J connectivity index is 2.44. The fraction of sp³-hybridized carbons (Fsp3) is 0.600. The summed E-state index contributed by atoms with van der Waals surface area (Å²) in [5.74, 6) is 0. The van der Waals surface area contributed by atoms with Crippen molar-refractivity contribution in [3.63, 3.8) is 0 Å². The Morgan fingerprint density at radius 2 is 1.90 bits per heavy atom. The van der Waals surface area contributed by atoms with Crippen LogP contribution in [0.4, 0.5) is 5.69 Å². The molecule has 5 atom stereocenters. The standard InChI is InChI=1S/C10H15N3O7/c11-3-1-13(10(19)12-8(3)18)9-7(17)6(16)5(15)4(2-14)20-9/h1,4-7,9,14-17H,2,11H2,(H,12,18,19)/t4-,5+,6+,7+,9-/m1/s1. The van der Waals surface area contributed by atoms with E-state index >= 15 is 0 Å². The topological polar surface area (TPSA) is 171 Å². The van der Waals surface area contributed by atoms with Crippen LogP contribution in [0.3, 0.4) is 0 Å². The van der Waals surface area contributed by atoms with E-state index in [-0.39, 0.29) is 5.69 Å². The summed E-state index contributed by atoms with van der Waals surface area (Å²) in [6.45, 7) is -0.630. The van der Waals surface area contributed by atoms with Crippen LogP contribution in [0.1, 0.15) is 6.23 Å². The summed E-state index contributed by atoms with van der Waals surface area (Å²) in [5, 5.41) is 38.2. The van der Waals surface area contributed by atoms with Crippen molar-refractivity contribution >= 4 is 5.69 Å². The van der Waals surface area contributed by atoms with Crippen LogP contribution in [-0.2, 0) is 4.74 Å². The molecule has 0 radical (unpaired) electrons. The summed E-state index contributed by atoms with van der Waals surface area (Å²) < 4.78 is 5.94. The molecule has 0 bridgehead atoms. The van der Waals surface area contributed by atoms with Gasteiger partial charge in [-0.3, -0.25) is 14.3 Å². The summed E-state index contributed by atoms with van der Waals surface area (Å²) in [4.78, 5) is 24.8. The number of hydrogen-bond donors (Lipinski definition) is 6. The lowest BCUT2D eigenvalue weighted by Gasteiger charge is -2.40. The SMILES string of the molecule is Nc1cn([C@@H]2O[C@H](CO)[C@H](O)[C@H](O)[C@@H]2O)c(=O)[nH]c1=O. The van der Waals surface area contributed by atoms with Gasteiger partial charge in [0, 0.05) is 6.20 Å². The van der Waals surface area contributed by atoms with Gasteiger partial charge in [0.2, 0.25) is 0 Å². The van der Waals surface area contributed by atoms with E-state index in [9.17, 15) is 24.9 Å². The molecule has 2 heterocycles. The summed E-state index contributed by atoms with van der Waals surface area (Å²) in [7, 11) is 0. The first kappa shape index (κ1) is 14.7. The number of hydrogen-bond acceptors (Lipinski definition) is 8. The fourth-order valence-electron chi connectivity index (χ4n) is 2.00. The van der Waals surface area contributed by atoms with E-state index in [4.69, 9.17) is 15.6 Å². The lowest BCUT2D eigenvalue weighted by molar-refractivity contribution is -0.252. The first-order valence-corrected chi connectivity index (χ1v) is 5.78. The van der Waals surface area contributed by atoms with Gasteiger partial charge in [0.1, 0.15) is 30.1 Å². The van der Waals surface area contributed by atoms with Crippen molar-refractivity contribution in [2.24, 2.45) is 0 Å². The molecular formula is C10H15N3O7. The highest BCUT2D eigenvalue weighted by Gasteiger charge is 2.44. The van der Waals surface area contributed by atoms with Crippen molar-refractivity contribution in [3.8, 4) is 0 Å². The quantitative estimate of drug-likeness (QED) is 0.320. The van der Waals surface area contributed by atoms with Gasteiger partial charge >= 0.3 is 5.69 Å². The average Bonchev–Trinajstić information content (AvgIpc) is 2.41. The van der Waals surface area contributed by atoms with E-state index < -0.39 is 48.5 Å². The lowest BCUT2D eigenvalue weighted by Crippen LogP contribution is -2.57. The molecule has 7 N–H and O–H groups in total.